The zero-order chi connectivity index (χ0) is 16.4. The molecule has 1 atom stereocenters. The average molecular weight is 312 g/mol. The number of aromatic nitrogens is 3. The van der Waals surface area contributed by atoms with Crippen LogP contribution in [0.1, 0.15) is 54.6 Å². The van der Waals surface area contributed by atoms with Gasteiger partial charge in [-0.05, 0) is 55.9 Å². The number of carbonyl (C=O) groups excluding carboxylic acids is 1. The molecule has 0 saturated heterocycles. The van der Waals surface area contributed by atoms with E-state index in [1.54, 1.807) is 0 Å². The molecule has 0 aliphatic heterocycles. The zero-order valence-electron chi connectivity index (χ0n) is 14.0. The normalized spacial score (nSPS) is 16.8. The molecule has 1 aliphatic rings. The van der Waals surface area contributed by atoms with Crippen LogP contribution in [0.4, 0.5) is 0 Å². The number of aryl methyl sites for hydroxylation is 2. The summed E-state index contributed by atoms with van der Waals surface area (Å²) in [7, 11) is 0. The van der Waals surface area contributed by atoms with Crippen LogP contribution in [-0.2, 0) is 10.2 Å². The summed E-state index contributed by atoms with van der Waals surface area (Å²) in [5, 5.41) is 10.3. The van der Waals surface area contributed by atoms with Crippen molar-refractivity contribution in [3.05, 3.63) is 47.0 Å². The van der Waals surface area contributed by atoms with Crippen LogP contribution >= 0.6 is 0 Å². The van der Waals surface area contributed by atoms with Crippen LogP contribution in [0.3, 0.4) is 0 Å². The standard InChI is InChI=1S/C18H24N4O/c1-12(17-13(2)21-22-14(17)3)10-16(23)20-11-18(6-7-18)15-4-8-19-9-5-15/h4-5,8-9,12H,6-7,10-11H2,1-3H3,(H,20,23)(H,21,22). The lowest BCUT2D eigenvalue weighted by Crippen LogP contribution is -2.32. The van der Waals surface area contributed by atoms with Crippen LogP contribution in [0, 0.1) is 13.8 Å². The molecule has 2 aromatic rings. The van der Waals surface area contributed by atoms with Gasteiger partial charge in [0.2, 0.25) is 5.91 Å². The maximum Gasteiger partial charge on any atom is 0.220 e. The fourth-order valence-corrected chi connectivity index (χ4v) is 3.43. The molecule has 1 fully saturated rings. The van der Waals surface area contributed by atoms with Crippen molar-refractivity contribution >= 4 is 5.91 Å². The third-order valence-electron chi connectivity index (χ3n) is 4.94. The molecule has 2 N–H and O–H groups in total. The Labute approximate surface area is 136 Å². The first-order valence-corrected chi connectivity index (χ1v) is 8.20. The Hall–Kier alpha value is -2.17. The highest BCUT2D eigenvalue weighted by molar-refractivity contribution is 5.77. The highest BCUT2D eigenvalue weighted by Gasteiger charge is 2.44. The maximum atomic E-state index is 12.3. The van der Waals surface area contributed by atoms with E-state index in [2.05, 4.69) is 39.6 Å². The van der Waals surface area contributed by atoms with Crippen molar-refractivity contribution in [2.45, 2.75) is 51.4 Å². The van der Waals surface area contributed by atoms with E-state index in [0.29, 0.717) is 13.0 Å². The van der Waals surface area contributed by atoms with Gasteiger partial charge in [-0.1, -0.05) is 6.92 Å². The molecule has 1 amide bonds. The van der Waals surface area contributed by atoms with Crippen LogP contribution in [-0.4, -0.2) is 27.6 Å². The summed E-state index contributed by atoms with van der Waals surface area (Å²) in [6, 6.07) is 4.11. The van der Waals surface area contributed by atoms with E-state index in [-0.39, 0.29) is 17.2 Å². The van der Waals surface area contributed by atoms with Crippen molar-refractivity contribution in [2.75, 3.05) is 6.54 Å². The molecule has 0 aromatic carbocycles. The lowest BCUT2D eigenvalue weighted by Gasteiger charge is -2.18. The summed E-state index contributed by atoms with van der Waals surface area (Å²) in [6.45, 7) is 6.79. The van der Waals surface area contributed by atoms with E-state index in [0.717, 1.165) is 29.8 Å². The Morgan fingerprint density at radius 2 is 2.04 bits per heavy atom. The number of aromatic amines is 1. The second-order valence-corrected chi connectivity index (χ2v) is 6.75. The molecule has 2 heterocycles. The first-order valence-electron chi connectivity index (χ1n) is 8.20. The van der Waals surface area contributed by atoms with Gasteiger partial charge in [0.15, 0.2) is 0 Å². The molecule has 2 aromatic heterocycles. The number of H-pyrrole nitrogens is 1. The number of rotatable bonds is 6. The van der Waals surface area contributed by atoms with Crippen molar-refractivity contribution in [1.82, 2.24) is 20.5 Å². The number of nitrogens with zero attached hydrogens (tertiary/aromatic N) is 2. The van der Waals surface area contributed by atoms with E-state index in [9.17, 15) is 4.79 Å². The molecule has 5 heteroatoms. The van der Waals surface area contributed by atoms with Crippen molar-refractivity contribution in [2.24, 2.45) is 0 Å². The van der Waals surface area contributed by atoms with Crippen molar-refractivity contribution in [3.63, 3.8) is 0 Å². The van der Waals surface area contributed by atoms with Gasteiger partial charge in [-0.15, -0.1) is 0 Å². The minimum atomic E-state index is 0.109. The molecular formula is C18H24N4O. The molecule has 3 rings (SSSR count). The Bertz CT molecular complexity index is 669. The van der Waals surface area contributed by atoms with Gasteiger partial charge in [0.25, 0.3) is 0 Å². The molecule has 0 bridgehead atoms. The molecule has 1 aliphatic carbocycles. The highest BCUT2D eigenvalue weighted by Crippen LogP contribution is 2.47. The average Bonchev–Trinajstić information content (AvgIpc) is 3.26. The Kier molecular flexibility index (Phi) is 4.20. The Morgan fingerprint density at radius 1 is 1.35 bits per heavy atom. The van der Waals surface area contributed by atoms with Gasteiger partial charge in [0.05, 0.1) is 5.69 Å². The van der Waals surface area contributed by atoms with E-state index in [1.807, 2.05) is 26.2 Å². The van der Waals surface area contributed by atoms with E-state index >= 15 is 0 Å². The second-order valence-electron chi connectivity index (χ2n) is 6.75. The third-order valence-corrected chi connectivity index (χ3v) is 4.94. The number of amides is 1. The monoisotopic (exact) mass is 312 g/mol. The van der Waals surface area contributed by atoms with E-state index in [4.69, 9.17) is 0 Å². The topological polar surface area (TPSA) is 70.7 Å². The molecule has 1 saturated carbocycles. The lowest BCUT2D eigenvalue weighted by molar-refractivity contribution is -0.121. The lowest BCUT2D eigenvalue weighted by atomic mass is 9.94. The SMILES string of the molecule is Cc1n[nH]c(C)c1C(C)CC(=O)NCC1(c2ccncc2)CC1. The van der Waals surface area contributed by atoms with Gasteiger partial charge < -0.3 is 5.32 Å². The van der Waals surface area contributed by atoms with Gasteiger partial charge in [0, 0.05) is 36.5 Å². The smallest absolute Gasteiger partial charge is 0.220 e. The number of nitrogens with one attached hydrogen (secondary N) is 2. The third kappa shape index (κ3) is 3.28. The molecule has 1 unspecified atom stereocenters. The molecule has 0 spiro atoms. The fraction of sp³-hybridized carbons (Fsp3) is 0.500. The summed E-state index contributed by atoms with van der Waals surface area (Å²) in [6.07, 6.45) is 6.40. The van der Waals surface area contributed by atoms with Crippen molar-refractivity contribution < 1.29 is 4.79 Å². The summed E-state index contributed by atoms with van der Waals surface area (Å²) in [5.41, 5.74) is 4.61. The van der Waals surface area contributed by atoms with E-state index in [1.165, 1.54) is 5.56 Å². The fourth-order valence-electron chi connectivity index (χ4n) is 3.43. The second kappa shape index (κ2) is 6.14. The summed E-state index contributed by atoms with van der Waals surface area (Å²) in [5.74, 6) is 0.280. The number of carbonyl (C=O) groups is 1. The quantitative estimate of drug-likeness (QED) is 0.861. The van der Waals surface area contributed by atoms with Gasteiger partial charge in [-0.25, -0.2) is 0 Å². The molecule has 5 nitrogen and oxygen atoms in total. The van der Waals surface area contributed by atoms with Crippen LogP contribution in [0.25, 0.3) is 0 Å². The van der Waals surface area contributed by atoms with Gasteiger partial charge in [0.1, 0.15) is 0 Å². The largest absolute Gasteiger partial charge is 0.355 e. The molecule has 0 radical (unpaired) electrons. The van der Waals surface area contributed by atoms with Gasteiger partial charge in [-0.3, -0.25) is 14.9 Å². The molecule has 23 heavy (non-hydrogen) atoms. The van der Waals surface area contributed by atoms with Crippen LogP contribution in [0.2, 0.25) is 0 Å². The zero-order valence-corrected chi connectivity index (χ0v) is 14.0. The number of pyridine rings is 1. The van der Waals surface area contributed by atoms with Crippen LogP contribution in [0.5, 0.6) is 0 Å². The first kappa shape index (κ1) is 15.7. The van der Waals surface area contributed by atoms with Gasteiger partial charge in [-0.2, -0.15) is 5.10 Å². The number of hydrogen-bond donors (Lipinski definition) is 2. The van der Waals surface area contributed by atoms with E-state index < -0.39 is 0 Å². The molecule has 122 valence electrons. The first-order chi connectivity index (χ1) is 11.0. The number of hydrogen-bond acceptors (Lipinski definition) is 3. The van der Waals surface area contributed by atoms with Gasteiger partial charge >= 0.3 is 0 Å². The predicted molar refractivity (Wildman–Crippen MR) is 89.3 cm³/mol. The predicted octanol–water partition coefficient (Wildman–Crippen LogP) is 2.76. The van der Waals surface area contributed by atoms with Crippen molar-refractivity contribution in [3.8, 4) is 0 Å². The maximum absolute atomic E-state index is 12.3. The Balaban J connectivity index is 1.56. The summed E-state index contributed by atoms with van der Waals surface area (Å²) in [4.78, 5) is 16.4. The van der Waals surface area contributed by atoms with Crippen molar-refractivity contribution in [1.29, 1.82) is 0 Å². The minimum Gasteiger partial charge on any atom is -0.355 e. The summed E-state index contributed by atoms with van der Waals surface area (Å²) < 4.78 is 0. The van der Waals surface area contributed by atoms with Crippen LogP contribution < -0.4 is 5.32 Å². The highest BCUT2D eigenvalue weighted by atomic mass is 16.1. The Morgan fingerprint density at radius 3 is 2.61 bits per heavy atom. The van der Waals surface area contributed by atoms with Crippen LogP contribution in [0.15, 0.2) is 24.5 Å². The minimum absolute atomic E-state index is 0.109. The molecular weight excluding hydrogens is 288 g/mol. The summed E-state index contributed by atoms with van der Waals surface area (Å²) >= 11 is 0.